The molecule has 0 radical (unpaired) electrons. The number of hydrogen-bond donors (Lipinski definition) is 1. The lowest BCUT2D eigenvalue weighted by Crippen LogP contribution is -2.50. The zero-order valence-electron chi connectivity index (χ0n) is 13.7. The van der Waals surface area contributed by atoms with Gasteiger partial charge in [-0.15, -0.1) is 0 Å². The van der Waals surface area contributed by atoms with E-state index in [1.165, 1.54) is 24.8 Å². The first kappa shape index (κ1) is 15.5. The van der Waals surface area contributed by atoms with E-state index in [1.54, 1.807) is 0 Å². The summed E-state index contributed by atoms with van der Waals surface area (Å²) in [5, 5.41) is 8.05. The van der Waals surface area contributed by atoms with Crippen LogP contribution < -0.4 is 5.32 Å². The number of rotatable bonds is 6. The van der Waals surface area contributed by atoms with Crippen LogP contribution in [-0.2, 0) is 13.6 Å². The van der Waals surface area contributed by atoms with E-state index < -0.39 is 0 Å². The fourth-order valence-corrected chi connectivity index (χ4v) is 3.51. The molecule has 1 aliphatic carbocycles. The van der Waals surface area contributed by atoms with Crippen molar-refractivity contribution >= 4 is 0 Å². The number of nitrogens with zero attached hydrogens (tertiary/aromatic N) is 3. The molecule has 1 fully saturated rings. The maximum atomic E-state index is 4.27. The van der Waals surface area contributed by atoms with Crippen LogP contribution in [0.15, 0.2) is 12.4 Å². The minimum atomic E-state index is 0.392. The van der Waals surface area contributed by atoms with Crippen LogP contribution in [0.25, 0.3) is 0 Å². The molecule has 1 aromatic heterocycles. The Morgan fingerprint density at radius 1 is 1.50 bits per heavy atom. The van der Waals surface area contributed by atoms with Crippen LogP contribution in [0, 0.1) is 5.41 Å². The molecule has 20 heavy (non-hydrogen) atoms. The highest BCUT2D eigenvalue weighted by atomic mass is 15.2. The van der Waals surface area contributed by atoms with Gasteiger partial charge in [0.25, 0.3) is 0 Å². The SMILES string of the molecule is CCCNC1C(N(C)Cc2cnn(C)c2)CCC1(C)C. The van der Waals surface area contributed by atoms with Crippen LogP contribution in [0.5, 0.6) is 0 Å². The monoisotopic (exact) mass is 278 g/mol. The fraction of sp³-hybridized carbons (Fsp3) is 0.812. The second kappa shape index (κ2) is 6.27. The summed E-state index contributed by atoms with van der Waals surface area (Å²) >= 11 is 0. The van der Waals surface area contributed by atoms with Gasteiger partial charge in [0.05, 0.1) is 6.20 Å². The zero-order chi connectivity index (χ0) is 14.8. The highest BCUT2D eigenvalue weighted by Gasteiger charge is 2.43. The molecule has 0 aromatic carbocycles. The van der Waals surface area contributed by atoms with Gasteiger partial charge in [-0.3, -0.25) is 9.58 Å². The van der Waals surface area contributed by atoms with Crippen molar-refractivity contribution < 1.29 is 0 Å². The molecular formula is C16H30N4. The number of hydrogen-bond acceptors (Lipinski definition) is 3. The predicted molar refractivity (Wildman–Crippen MR) is 83.6 cm³/mol. The van der Waals surface area contributed by atoms with Crippen molar-refractivity contribution in [2.45, 2.75) is 58.7 Å². The molecule has 0 aliphatic heterocycles. The number of likely N-dealkylation sites (N-methyl/N-ethyl adjacent to an activating group) is 1. The number of aryl methyl sites for hydroxylation is 1. The van der Waals surface area contributed by atoms with Crippen LogP contribution in [0.1, 0.15) is 45.6 Å². The standard InChI is InChI=1S/C16H30N4/c1-6-9-17-15-14(7-8-16(15,2)3)19(4)11-13-10-18-20(5)12-13/h10,12,14-15,17H,6-9,11H2,1-5H3. The third-order valence-corrected chi connectivity index (χ3v) is 4.68. The van der Waals surface area contributed by atoms with E-state index in [2.05, 4.69) is 49.3 Å². The Morgan fingerprint density at radius 2 is 2.25 bits per heavy atom. The molecule has 1 aliphatic rings. The van der Waals surface area contributed by atoms with Gasteiger partial charge >= 0.3 is 0 Å². The minimum absolute atomic E-state index is 0.392. The van der Waals surface area contributed by atoms with Crippen LogP contribution in [0.4, 0.5) is 0 Å². The lowest BCUT2D eigenvalue weighted by molar-refractivity contribution is 0.165. The molecule has 0 saturated heterocycles. The second-order valence-corrected chi connectivity index (χ2v) is 6.96. The maximum Gasteiger partial charge on any atom is 0.0534 e. The molecule has 0 spiro atoms. The second-order valence-electron chi connectivity index (χ2n) is 6.96. The topological polar surface area (TPSA) is 33.1 Å². The van der Waals surface area contributed by atoms with Crippen LogP contribution in [0.2, 0.25) is 0 Å². The van der Waals surface area contributed by atoms with Gasteiger partial charge in [0.2, 0.25) is 0 Å². The Labute approximate surface area is 123 Å². The summed E-state index contributed by atoms with van der Waals surface area (Å²) in [7, 11) is 4.23. The lowest BCUT2D eigenvalue weighted by Gasteiger charge is -2.36. The first-order valence-corrected chi connectivity index (χ1v) is 7.85. The van der Waals surface area contributed by atoms with E-state index in [1.807, 2.05) is 17.9 Å². The largest absolute Gasteiger partial charge is 0.312 e. The molecule has 2 rings (SSSR count). The van der Waals surface area contributed by atoms with Gasteiger partial charge in [0, 0.05) is 37.4 Å². The molecule has 2 atom stereocenters. The lowest BCUT2D eigenvalue weighted by atomic mass is 9.86. The zero-order valence-corrected chi connectivity index (χ0v) is 13.7. The fourth-order valence-electron chi connectivity index (χ4n) is 3.51. The van der Waals surface area contributed by atoms with Gasteiger partial charge in [-0.1, -0.05) is 20.8 Å². The van der Waals surface area contributed by atoms with E-state index in [4.69, 9.17) is 0 Å². The van der Waals surface area contributed by atoms with E-state index in [0.29, 0.717) is 17.5 Å². The summed E-state index contributed by atoms with van der Waals surface area (Å²) in [5.74, 6) is 0. The molecule has 2 unspecified atom stereocenters. The normalized spacial score (nSPS) is 25.5. The molecule has 4 nitrogen and oxygen atoms in total. The highest BCUT2D eigenvalue weighted by molar-refractivity contribution is 5.06. The predicted octanol–water partition coefficient (Wildman–Crippen LogP) is 2.41. The molecule has 4 heteroatoms. The third kappa shape index (κ3) is 3.41. The van der Waals surface area contributed by atoms with Crippen molar-refractivity contribution in [3.63, 3.8) is 0 Å². The Morgan fingerprint density at radius 3 is 2.85 bits per heavy atom. The molecule has 0 amide bonds. The van der Waals surface area contributed by atoms with E-state index in [0.717, 1.165) is 13.1 Å². The number of nitrogens with one attached hydrogen (secondary N) is 1. The van der Waals surface area contributed by atoms with Crippen LogP contribution >= 0.6 is 0 Å². The maximum absolute atomic E-state index is 4.27. The summed E-state index contributed by atoms with van der Waals surface area (Å²) in [6, 6.07) is 1.21. The quantitative estimate of drug-likeness (QED) is 0.867. The van der Waals surface area contributed by atoms with E-state index in [9.17, 15) is 0 Å². The number of aromatic nitrogens is 2. The van der Waals surface area contributed by atoms with Crippen molar-refractivity contribution in [3.8, 4) is 0 Å². The van der Waals surface area contributed by atoms with Gasteiger partial charge in [-0.2, -0.15) is 5.10 Å². The molecule has 1 heterocycles. The van der Waals surface area contributed by atoms with Crippen molar-refractivity contribution in [2.75, 3.05) is 13.6 Å². The third-order valence-electron chi connectivity index (χ3n) is 4.68. The van der Waals surface area contributed by atoms with Gasteiger partial charge in [-0.25, -0.2) is 0 Å². The van der Waals surface area contributed by atoms with Crippen LogP contribution in [-0.4, -0.2) is 40.4 Å². The molecule has 114 valence electrons. The van der Waals surface area contributed by atoms with Gasteiger partial charge in [0.1, 0.15) is 0 Å². The van der Waals surface area contributed by atoms with Gasteiger partial charge in [0.15, 0.2) is 0 Å². The molecular weight excluding hydrogens is 248 g/mol. The Bertz CT molecular complexity index is 424. The highest BCUT2D eigenvalue weighted by Crippen LogP contribution is 2.39. The van der Waals surface area contributed by atoms with Gasteiger partial charge < -0.3 is 5.32 Å². The van der Waals surface area contributed by atoms with E-state index in [-0.39, 0.29) is 0 Å². The summed E-state index contributed by atoms with van der Waals surface area (Å²) in [6.07, 6.45) is 7.88. The first-order chi connectivity index (χ1) is 9.44. The van der Waals surface area contributed by atoms with E-state index >= 15 is 0 Å². The van der Waals surface area contributed by atoms with Crippen molar-refractivity contribution in [1.82, 2.24) is 20.0 Å². The molecule has 0 bridgehead atoms. The van der Waals surface area contributed by atoms with Crippen molar-refractivity contribution in [3.05, 3.63) is 18.0 Å². The average molecular weight is 278 g/mol. The summed E-state index contributed by atoms with van der Waals surface area (Å²) in [4.78, 5) is 2.50. The van der Waals surface area contributed by atoms with Crippen molar-refractivity contribution in [2.24, 2.45) is 12.5 Å². The van der Waals surface area contributed by atoms with Crippen LogP contribution in [0.3, 0.4) is 0 Å². The summed E-state index contributed by atoms with van der Waals surface area (Å²) in [5.41, 5.74) is 1.69. The van der Waals surface area contributed by atoms with Crippen molar-refractivity contribution in [1.29, 1.82) is 0 Å². The Balaban J connectivity index is 2.01. The summed E-state index contributed by atoms with van der Waals surface area (Å²) in [6.45, 7) is 9.14. The summed E-state index contributed by atoms with van der Waals surface area (Å²) < 4.78 is 1.88. The smallest absolute Gasteiger partial charge is 0.0534 e. The molecule has 1 aromatic rings. The molecule has 1 saturated carbocycles. The molecule has 1 N–H and O–H groups in total. The Hall–Kier alpha value is -0.870. The first-order valence-electron chi connectivity index (χ1n) is 7.85. The minimum Gasteiger partial charge on any atom is -0.312 e. The average Bonchev–Trinajstić information content (AvgIpc) is 2.90. The van der Waals surface area contributed by atoms with Gasteiger partial charge in [-0.05, 0) is 38.3 Å². The Kier molecular flexibility index (Phi) is 4.86.